The molecule has 0 radical (unpaired) electrons. The molecule has 13 rings (SSSR count). The van der Waals surface area contributed by atoms with E-state index in [1.807, 2.05) is 48.5 Å². The van der Waals surface area contributed by atoms with Crippen LogP contribution in [0.25, 0.3) is 127 Å². The van der Waals surface area contributed by atoms with Crippen molar-refractivity contribution in [3.8, 4) is 51.0 Å². The molecular weight excluding hydrogens is 749 g/mol. The second-order valence-corrected chi connectivity index (χ2v) is 15.5. The van der Waals surface area contributed by atoms with E-state index in [2.05, 4.69) is 150 Å². The Hall–Kier alpha value is -8.35. The molecule has 0 fully saturated rings. The van der Waals surface area contributed by atoms with Gasteiger partial charge in [-0.3, -0.25) is 0 Å². The summed E-state index contributed by atoms with van der Waals surface area (Å²) in [6, 6.07) is 67.4. The summed E-state index contributed by atoms with van der Waals surface area (Å²) in [6.07, 6.45) is 0. The van der Waals surface area contributed by atoms with Crippen LogP contribution < -0.4 is 0 Å². The fourth-order valence-corrected chi connectivity index (χ4v) is 9.20. The Kier molecular flexibility index (Phi) is 7.21. The fraction of sp³-hybridized carbons (Fsp3) is 0. The maximum Gasteiger partial charge on any atom is 0.170 e. The van der Waals surface area contributed by atoms with Crippen molar-refractivity contribution in [2.24, 2.45) is 0 Å². The molecule has 0 aliphatic carbocycles. The van der Waals surface area contributed by atoms with Crippen molar-refractivity contribution >= 4 is 76.5 Å². The summed E-state index contributed by atoms with van der Waals surface area (Å²) in [5.74, 6) is 1.54. The van der Waals surface area contributed by atoms with Gasteiger partial charge in [0, 0.05) is 37.9 Å². The molecule has 9 aromatic carbocycles. The van der Waals surface area contributed by atoms with Crippen molar-refractivity contribution < 1.29 is 8.83 Å². The van der Waals surface area contributed by atoms with E-state index in [1.165, 1.54) is 5.39 Å². The Morgan fingerprint density at radius 2 is 0.918 bits per heavy atom. The standard InChI is InChI=1S/C55H32N4O2/c1-2-13-33(14-3-1)34-25-27-35(28-26-34)53-56-54(43-21-12-20-41-39-18-7-10-23-48(39)60-51(41)43)58-55(57-53)50-46(30-29-42-40-19-8-11-24-49(40)61-52(42)50)59-45-22-9-6-17-38(45)44-31-36-15-4-5-16-37(36)32-47(44)59/h1-32H. The van der Waals surface area contributed by atoms with Crippen LogP contribution in [0.3, 0.4) is 0 Å². The third-order valence-corrected chi connectivity index (χ3v) is 12.1. The average molecular weight is 781 g/mol. The number of aromatic nitrogens is 4. The van der Waals surface area contributed by atoms with Crippen molar-refractivity contribution in [2.45, 2.75) is 0 Å². The highest BCUT2D eigenvalue weighted by Gasteiger charge is 2.25. The molecule has 0 N–H and O–H groups in total. The number of nitrogens with zero attached hydrogens (tertiary/aromatic N) is 4. The van der Waals surface area contributed by atoms with E-state index < -0.39 is 0 Å². The Morgan fingerprint density at radius 3 is 1.70 bits per heavy atom. The third-order valence-electron chi connectivity index (χ3n) is 12.1. The summed E-state index contributed by atoms with van der Waals surface area (Å²) in [4.78, 5) is 16.1. The maximum absolute atomic E-state index is 6.90. The molecule has 0 atom stereocenters. The smallest absolute Gasteiger partial charge is 0.170 e. The first-order chi connectivity index (χ1) is 30.2. The zero-order valence-electron chi connectivity index (χ0n) is 32.6. The van der Waals surface area contributed by atoms with Crippen molar-refractivity contribution in [3.63, 3.8) is 0 Å². The quantitative estimate of drug-likeness (QED) is 0.174. The monoisotopic (exact) mass is 780 g/mol. The van der Waals surface area contributed by atoms with Gasteiger partial charge in [0.1, 0.15) is 22.3 Å². The lowest BCUT2D eigenvalue weighted by Crippen LogP contribution is -2.04. The van der Waals surface area contributed by atoms with Crippen LogP contribution in [0.2, 0.25) is 0 Å². The highest BCUT2D eigenvalue weighted by molar-refractivity contribution is 6.16. The number of benzene rings is 9. The van der Waals surface area contributed by atoms with Gasteiger partial charge in [-0.15, -0.1) is 0 Å². The normalized spacial score (nSPS) is 11.9. The zero-order chi connectivity index (χ0) is 40.0. The lowest BCUT2D eigenvalue weighted by atomic mass is 10.0. The molecule has 284 valence electrons. The highest BCUT2D eigenvalue weighted by Crippen LogP contribution is 2.44. The van der Waals surface area contributed by atoms with Crippen LogP contribution in [-0.2, 0) is 0 Å². The number of hydrogen-bond acceptors (Lipinski definition) is 5. The van der Waals surface area contributed by atoms with E-state index in [4.69, 9.17) is 23.8 Å². The number of fused-ring (bicyclic) bond motifs is 10. The van der Waals surface area contributed by atoms with Gasteiger partial charge in [0.25, 0.3) is 0 Å². The molecule has 0 bridgehead atoms. The number of rotatable bonds is 5. The van der Waals surface area contributed by atoms with Gasteiger partial charge in [0.15, 0.2) is 17.5 Å². The van der Waals surface area contributed by atoms with Crippen LogP contribution in [0.5, 0.6) is 0 Å². The fourth-order valence-electron chi connectivity index (χ4n) is 9.20. The van der Waals surface area contributed by atoms with Crippen LogP contribution in [-0.4, -0.2) is 19.5 Å². The van der Waals surface area contributed by atoms with Crippen molar-refractivity contribution in [3.05, 3.63) is 194 Å². The van der Waals surface area contributed by atoms with Crippen LogP contribution in [0, 0.1) is 0 Å². The SMILES string of the molecule is c1ccc(-c2ccc(-c3nc(-c4cccc5c4oc4ccccc45)nc(-c4c(-n5c6ccccc6c6cc7ccccc7cc65)ccc5c4oc4ccccc45)n3)cc2)cc1. The molecule has 4 heterocycles. The Morgan fingerprint density at radius 1 is 0.344 bits per heavy atom. The number of furan rings is 2. The van der Waals surface area contributed by atoms with Gasteiger partial charge in [-0.25, -0.2) is 15.0 Å². The largest absolute Gasteiger partial charge is 0.455 e. The first kappa shape index (κ1) is 33.6. The Balaban J connectivity index is 1.14. The summed E-state index contributed by atoms with van der Waals surface area (Å²) in [5, 5.41) is 8.72. The van der Waals surface area contributed by atoms with Crippen LogP contribution >= 0.6 is 0 Å². The zero-order valence-corrected chi connectivity index (χ0v) is 32.6. The van der Waals surface area contributed by atoms with Gasteiger partial charge in [0.05, 0.1) is 27.8 Å². The number of para-hydroxylation sites is 4. The van der Waals surface area contributed by atoms with E-state index >= 15 is 0 Å². The van der Waals surface area contributed by atoms with Gasteiger partial charge >= 0.3 is 0 Å². The highest BCUT2D eigenvalue weighted by atomic mass is 16.3. The summed E-state index contributed by atoms with van der Waals surface area (Å²) in [7, 11) is 0. The average Bonchev–Trinajstić information content (AvgIpc) is 4.00. The Bertz CT molecular complexity index is 3880. The Labute approximate surface area is 348 Å². The van der Waals surface area contributed by atoms with Crippen LogP contribution in [0.15, 0.2) is 203 Å². The van der Waals surface area contributed by atoms with E-state index in [0.29, 0.717) is 23.1 Å². The summed E-state index contributed by atoms with van der Waals surface area (Å²) in [5.41, 5.74) is 10.7. The van der Waals surface area contributed by atoms with E-state index in [9.17, 15) is 0 Å². The second-order valence-electron chi connectivity index (χ2n) is 15.5. The molecule has 0 spiro atoms. The molecule has 0 saturated heterocycles. The molecule has 6 heteroatoms. The minimum Gasteiger partial charge on any atom is -0.455 e. The van der Waals surface area contributed by atoms with Crippen molar-refractivity contribution in [1.29, 1.82) is 0 Å². The minimum atomic E-state index is 0.492. The van der Waals surface area contributed by atoms with Crippen LogP contribution in [0.1, 0.15) is 0 Å². The maximum atomic E-state index is 6.90. The van der Waals surface area contributed by atoms with Gasteiger partial charge < -0.3 is 13.4 Å². The first-order valence-electron chi connectivity index (χ1n) is 20.4. The lowest BCUT2D eigenvalue weighted by Gasteiger charge is -2.15. The molecule has 0 saturated carbocycles. The molecule has 4 aromatic heterocycles. The second kappa shape index (κ2) is 13.1. The summed E-state index contributed by atoms with van der Waals surface area (Å²) < 4.78 is 15.8. The minimum absolute atomic E-state index is 0.492. The first-order valence-corrected chi connectivity index (χ1v) is 20.4. The predicted molar refractivity (Wildman–Crippen MR) is 248 cm³/mol. The van der Waals surface area contributed by atoms with E-state index in [-0.39, 0.29) is 0 Å². The van der Waals surface area contributed by atoms with Crippen LogP contribution in [0.4, 0.5) is 0 Å². The summed E-state index contributed by atoms with van der Waals surface area (Å²) >= 11 is 0. The van der Waals surface area contributed by atoms with E-state index in [1.54, 1.807) is 0 Å². The molecular formula is C55H32N4O2. The molecule has 61 heavy (non-hydrogen) atoms. The lowest BCUT2D eigenvalue weighted by molar-refractivity contribution is 0.669. The molecule has 13 aromatic rings. The van der Waals surface area contributed by atoms with Gasteiger partial charge in [-0.2, -0.15) is 0 Å². The van der Waals surface area contributed by atoms with E-state index in [0.717, 1.165) is 99.0 Å². The van der Waals surface area contributed by atoms with Crippen molar-refractivity contribution in [1.82, 2.24) is 19.5 Å². The molecule has 0 aliphatic heterocycles. The van der Waals surface area contributed by atoms with Crippen molar-refractivity contribution in [2.75, 3.05) is 0 Å². The van der Waals surface area contributed by atoms with Gasteiger partial charge in [-0.05, 0) is 70.4 Å². The third kappa shape index (κ3) is 5.19. The molecule has 0 unspecified atom stereocenters. The molecule has 0 aliphatic rings. The molecule has 0 amide bonds. The summed E-state index contributed by atoms with van der Waals surface area (Å²) in [6.45, 7) is 0. The number of hydrogen-bond donors (Lipinski definition) is 0. The topological polar surface area (TPSA) is 69.9 Å². The predicted octanol–water partition coefficient (Wildman–Crippen LogP) is 14.6. The van der Waals surface area contributed by atoms with Gasteiger partial charge in [0.2, 0.25) is 0 Å². The van der Waals surface area contributed by atoms with Gasteiger partial charge in [-0.1, -0.05) is 146 Å². The molecule has 6 nitrogen and oxygen atoms in total.